The fraction of sp³-hybridized carbons (Fsp3) is 0.412. The average molecular weight is 387 g/mol. The van der Waals surface area contributed by atoms with Gasteiger partial charge in [-0.05, 0) is 26.0 Å². The van der Waals surface area contributed by atoms with Gasteiger partial charge in [-0.1, -0.05) is 0 Å². The van der Waals surface area contributed by atoms with Crippen molar-refractivity contribution in [3.05, 3.63) is 35.4 Å². The van der Waals surface area contributed by atoms with E-state index in [1.165, 1.54) is 13.8 Å². The van der Waals surface area contributed by atoms with Crippen LogP contribution in [0.25, 0.3) is 0 Å². The second-order valence-electron chi connectivity index (χ2n) is 5.28. The van der Waals surface area contributed by atoms with Crippen LogP contribution in [0.2, 0.25) is 0 Å². The number of amides is 1. The van der Waals surface area contributed by atoms with Crippen LogP contribution in [0.4, 0.5) is 8.78 Å². The van der Waals surface area contributed by atoms with Crippen molar-refractivity contribution in [3.63, 3.8) is 0 Å². The van der Waals surface area contributed by atoms with Crippen LogP contribution in [0.3, 0.4) is 0 Å². The summed E-state index contributed by atoms with van der Waals surface area (Å²) in [4.78, 5) is 47.5. The van der Waals surface area contributed by atoms with E-state index >= 15 is 0 Å². The van der Waals surface area contributed by atoms with Gasteiger partial charge in [0.2, 0.25) is 0 Å². The van der Waals surface area contributed by atoms with Gasteiger partial charge >= 0.3 is 17.9 Å². The van der Waals surface area contributed by atoms with Crippen molar-refractivity contribution in [2.75, 3.05) is 13.2 Å². The fourth-order valence-corrected chi connectivity index (χ4v) is 2.21. The molecule has 1 aromatic rings. The minimum absolute atomic E-state index is 0.000728. The SMILES string of the molecule is CCOC(=O)C[C@@H](C(=O)OCC)[C@@H](NC(=O)c1ccc(F)cc1F)C(=O)O. The molecular formula is C17H19F2NO7. The second kappa shape index (κ2) is 10.2. The number of aliphatic carboxylic acids is 1. The van der Waals surface area contributed by atoms with Crippen LogP contribution in [0.1, 0.15) is 30.6 Å². The number of halogens is 2. The van der Waals surface area contributed by atoms with Gasteiger partial charge in [0, 0.05) is 6.07 Å². The molecule has 148 valence electrons. The molecule has 0 saturated carbocycles. The van der Waals surface area contributed by atoms with Gasteiger partial charge in [-0.15, -0.1) is 0 Å². The van der Waals surface area contributed by atoms with Crippen LogP contribution >= 0.6 is 0 Å². The summed E-state index contributed by atoms with van der Waals surface area (Å²) in [6, 6.07) is 0.190. The Bertz CT molecular complexity index is 723. The Morgan fingerprint density at radius 3 is 2.26 bits per heavy atom. The zero-order valence-corrected chi connectivity index (χ0v) is 14.7. The Balaban J connectivity index is 3.11. The van der Waals surface area contributed by atoms with Gasteiger partial charge in [0.1, 0.15) is 17.7 Å². The summed E-state index contributed by atoms with van der Waals surface area (Å²) < 4.78 is 36.1. The van der Waals surface area contributed by atoms with E-state index in [1.807, 2.05) is 5.32 Å². The number of hydrogen-bond acceptors (Lipinski definition) is 6. The summed E-state index contributed by atoms with van der Waals surface area (Å²) in [5.74, 6) is -8.50. The molecule has 1 amide bonds. The van der Waals surface area contributed by atoms with Gasteiger partial charge in [-0.2, -0.15) is 0 Å². The van der Waals surface area contributed by atoms with Crippen LogP contribution in [0.5, 0.6) is 0 Å². The van der Waals surface area contributed by atoms with Crippen molar-refractivity contribution in [2.45, 2.75) is 26.3 Å². The highest BCUT2D eigenvalue weighted by molar-refractivity contribution is 5.98. The molecule has 0 heterocycles. The highest BCUT2D eigenvalue weighted by Gasteiger charge is 2.38. The predicted octanol–water partition coefficient (Wildman–Crippen LogP) is 1.28. The lowest BCUT2D eigenvalue weighted by molar-refractivity contribution is -0.159. The molecule has 0 spiro atoms. The summed E-state index contributed by atoms with van der Waals surface area (Å²) >= 11 is 0. The Morgan fingerprint density at radius 2 is 1.74 bits per heavy atom. The average Bonchev–Trinajstić information content (AvgIpc) is 2.57. The van der Waals surface area contributed by atoms with Crippen molar-refractivity contribution < 1.29 is 42.5 Å². The topological polar surface area (TPSA) is 119 Å². The van der Waals surface area contributed by atoms with Crippen molar-refractivity contribution in [1.82, 2.24) is 5.32 Å². The normalized spacial score (nSPS) is 12.6. The zero-order valence-electron chi connectivity index (χ0n) is 14.7. The number of carbonyl (C=O) groups is 4. The van der Waals surface area contributed by atoms with Gasteiger partial charge in [0.05, 0.1) is 31.1 Å². The first kappa shape index (κ1) is 22.0. The number of carboxylic acid groups (broad SMARTS) is 1. The largest absolute Gasteiger partial charge is 0.480 e. The third-order valence-corrected chi connectivity index (χ3v) is 3.41. The number of hydrogen-bond donors (Lipinski definition) is 2. The maximum absolute atomic E-state index is 13.7. The van der Waals surface area contributed by atoms with Crippen molar-refractivity contribution >= 4 is 23.8 Å². The molecule has 0 fully saturated rings. The molecule has 0 aromatic heterocycles. The van der Waals surface area contributed by atoms with Gasteiger partial charge < -0.3 is 19.9 Å². The monoisotopic (exact) mass is 387 g/mol. The molecule has 0 radical (unpaired) electrons. The van der Waals surface area contributed by atoms with E-state index in [-0.39, 0.29) is 13.2 Å². The third-order valence-electron chi connectivity index (χ3n) is 3.41. The summed E-state index contributed by atoms with van der Waals surface area (Å²) in [7, 11) is 0. The molecular weight excluding hydrogens is 368 g/mol. The molecule has 0 aliphatic carbocycles. The lowest BCUT2D eigenvalue weighted by Crippen LogP contribution is -2.50. The maximum atomic E-state index is 13.7. The van der Waals surface area contributed by atoms with Crippen molar-refractivity contribution in [1.29, 1.82) is 0 Å². The lowest BCUT2D eigenvalue weighted by Gasteiger charge is -2.23. The first-order valence-corrected chi connectivity index (χ1v) is 8.02. The number of carboxylic acids is 1. The van der Waals surface area contributed by atoms with Crippen LogP contribution < -0.4 is 5.32 Å². The second-order valence-corrected chi connectivity index (χ2v) is 5.28. The van der Waals surface area contributed by atoms with E-state index < -0.39 is 59.4 Å². The first-order chi connectivity index (χ1) is 12.7. The minimum atomic E-state index is -1.90. The Kier molecular flexibility index (Phi) is 8.31. The predicted molar refractivity (Wildman–Crippen MR) is 86.6 cm³/mol. The summed E-state index contributed by atoms with van der Waals surface area (Å²) in [5.41, 5.74) is -0.624. The van der Waals surface area contributed by atoms with E-state index in [0.717, 1.165) is 12.1 Å². The summed E-state index contributed by atoms with van der Waals surface area (Å²) in [6.45, 7) is 2.90. The third kappa shape index (κ3) is 6.32. The first-order valence-electron chi connectivity index (χ1n) is 8.02. The van der Waals surface area contributed by atoms with E-state index in [1.54, 1.807) is 0 Å². The van der Waals surface area contributed by atoms with E-state index in [9.17, 15) is 33.1 Å². The highest BCUT2D eigenvalue weighted by Crippen LogP contribution is 2.16. The Morgan fingerprint density at radius 1 is 1.11 bits per heavy atom. The number of nitrogens with one attached hydrogen (secondary N) is 1. The van der Waals surface area contributed by atoms with Crippen LogP contribution in [-0.4, -0.2) is 48.2 Å². The molecule has 1 rings (SSSR count). The Labute approximate surface area is 153 Å². The molecule has 2 N–H and O–H groups in total. The summed E-state index contributed by atoms with van der Waals surface area (Å²) in [6.07, 6.45) is -0.671. The van der Waals surface area contributed by atoms with Crippen molar-refractivity contribution in [2.24, 2.45) is 5.92 Å². The molecule has 0 aliphatic rings. The highest BCUT2D eigenvalue weighted by atomic mass is 19.1. The minimum Gasteiger partial charge on any atom is -0.480 e. The molecule has 0 aliphatic heterocycles. The van der Waals surface area contributed by atoms with Crippen LogP contribution in [-0.2, 0) is 23.9 Å². The van der Waals surface area contributed by atoms with Crippen LogP contribution in [0.15, 0.2) is 18.2 Å². The van der Waals surface area contributed by atoms with E-state index in [2.05, 4.69) is 0 Å². The van der Waals surface area contributed by atoms with Gasteiger partial charge in [0.15, 0.2) is 0 Å². The molecule has 8 nitrogen and oxygen atoms in total. The quantitative estimate of drug-likeness (QED) is 0.613. The van der Waals surface area contributed by atoms with E-state index in [0.29, 0.717) is 6.07 Å². The van der Waals surface area contributed by atoms with Gasteiger partial charge in [-0.25, -0.2) is 13.6 Å². The van der Waals surface area contributed by atoms with E-state index in [4.69, 9.17) is 9.47 Å². The number of carbonyl (C=O) groups excluding carboxylic acids is 3. The van der Waals surface area contributed by atoms with Crippen molar-refractivity contribution in [3.8, 4) is 0 Å². The van der Waals surface area contributed by atoms with Gasteiger partial charge in [0.25, 0.3) is 5.91 Å². The summed E-state index contributed by atoms with van der Waals surface area (Å²) in [5, 5.41) is 11.4. The number of ether oxygens (including phenoxy) is 2. The molecule has 0 saturated heterocycles. The standard InChI is InChI=1S/C17H19F2NO7/c1-3-26-13(21)8-11(17(25)27-4-2)14(16(23)24)20-15(22)10-6-5-9(18)7-12(10)19/h5-7,11,14H,3-4,8H2,1-2H3,(H,20,22)(H,23,24)/t11-,14-/m1/s1. The number of benzene rings is 1. The number of rotatable bonds is 9. The smallest absolute Gasteiger partial charge is 0.327 e. The zero-order chi connectivity index (χ0) is 20.6. The fourth-order valence-electron chi connectivity index (χ4n) is 2.21. The number of esters is 2. The van der Waals surface area contributed by atoms with Crippen LogP contribution in [0, 0.1) is 17.6 Å². The molecule has 0 bridgehead atoms. The lowest BCUT2D eigenvalue weighted by atomic mass is 9.95. The molecule has 0 unspecified atom stereocenters. The molecule has 1 aromatic carbocycles. The van der Waals surface area contributed by atoms with Gasteiger partial charge in [-0.3, -0.25) is 14.4 Å². The Hall–Kier alpha value is -3.04. The maximum Gasteiger partial charge on any atom is 0.327 e. The molecule has 2 atom stereocenters. The molecule has 10 heteroatoms. The molecule has 27 heavy (non-hydrogen) atoms.